The van der Waals surface area contributed by atoms with E-state index in [-0.39, 0.29) is 9.52 Å². The highest BCUT2D eigenvalue weighted by Gasteiger charge is 1.95. The third-order valence-corrected chi connectivity index (χ3v) is 3.22. The van der Waals surface area contributed by atoms with Gasteiger partial charge in [-0.2, -0.15) is 0 Å². The Morgan fingerprint density at radius 1 is 1.06 bits per heavy atom. The van der Waals surface area contributed by atoms with Crippen LogP contribution in [0.25, 0.3) is 0 Å². The van der Waals surface area contributed by atoms with Gasteiger partial charge in [-0.1, -0.05) is 40.9 Å². The van der Waals surface area contributed by atoms with Crippen LogP contribution in [0, 0.1) is 25.0 Å². The SMILES string of the molecule is Cc1cc(C)cc(SC#CC(Cl)=C(Cl)Cl)c1. The molecule has 0 aliphatic rings. The molecule has 84 valence electrons. The maximum atomic E-state index is 5.67. The fourth-order valence-electron chi connectivity index (χ4n) is 1.17. The van der Waals surface area contributed by atoms with Gasteiger partial charge in [0.25, 0.3) is 0 Å². The van der Waals surface area contributed by atoms with Crippen LogP contribution in [0.1, 0.15) is 11.1 Å². The monoisotopic (exact) mass is 290 g/mol. The summed E-state index contributed by atoms with van der Waals surface area (Å²) >= 11 is 18.0. The number of benzene rings is 1. The van der Waals surface area contributed by atoms with Crippen molar-refractivity contribution in [2.75, 3.05) is 0 Å². The van der Waals surface area contributed by atoms with Crippen LogP contribution in [0.2, 0.25) is 0 Å². The van der Waals surface area contributed by atoms with Gasteiger partial charge in [0.2, 0.25) is 0 Å². The lowest BCUT2D eigenvalue weighted by atomic mass is 10.2. The van der Waals surface area contributed by atoms with Gasteiger partial charge in [-0.25, -0.2) is 0 Å². The van der Waals surface area contributed by atoms with E-state index in [2.05, 4.69) is 29.4 Å². The molecular formula is C12H9Cl3S. The van der Waals surface area contributed by atoms with Crippen molar-refractivity contribution in [2.45, 2.75) is 18.7 Å². The van der Waals surface area contributed by atoms with E-state index in [4.69, 9.17) is 34.8 Å². The van der Waals surface area contributed by atoms with Crippen LogP contribution in [0.3, 0.4) is 0 Å². The summed E-state index contributed by atoms with van der Waals surface area (Å²) in [6.07, 6.45) is 0. The minimum Gasteiger partial charge on any atom is -0.0717 e. The van der Waals surface area contributed by atoms with Crippen molar-refractivity contribution >= 4 is 46.6 Å². The van der Waals surface area contributed by atoms with Gasteiger partial charge in [-0.05, 0) is 60.0 Å². The molecule has 0 unspecified atom stereocenters. The number of aryl methyl sites for hydroxylation is 2. The Hall–Kier alpha value is -0.260. The second-order valence-corrected chi connectivity index (χ2v) is 5.43. The molecule has 16 heavy (non-hydrogen) atoms. The first-order valence-corrected chi connectivity index (χ1v) is 6.41. The Kier molecular flexibility index (Phi) is 5.58. The second-order valence-electron chi connectivity index (χ2n) is 3.23. The Labute approximate surface area is 115 Å². The summed E-state index contributed by atoms with van der Waals surface area (Å²) < 4.78 is -0.00445. The van der Waals surface area contributed by atoms with E-state index >= 15 is 0 Å². The van der Waals surface area contributed by atoms with Gasteiger partial charge in [0.15, 0.2) is 0 Å². The van der Waals surface area contributed by atoms with Crippen molar-refractivity contribution in [3.8, 4) is 11.2 Å². The zero-order valence-electron chi connectivity index (χ0n) is 8.77. The average Bonchev–Trinajstić information content (AvgIpc) is 2.15. The Bertz CT molecular complexity index is 457. The van der Waals surface area contributed by atoms with Gasteiger partial charge in [0, 0.05) is 4.90 Å². The smallest absolute Gasteiger partial charge is 0.0717 e. The summed E-state index contributed by atoms with van der Waals surface area (Å²) in [5.74, 6) is 2.66. The quantitative estimate of drug-likeness (QED) is 0.503. The average molecular weight is 292 g/mol. The van der Waals surface area contributed by atoms with Gasteiger partial charge in [-0.3, -0.25) is 0 Å². The lowest BCUT2D eigenvalue weighted by Gasteiger charge is -1.99. The zero-order chi connectivity index (χ0) is 12.1. The summed E-state index contributed by atoms with van der Waals surface area (Å²) in [5, 5.41) is 3.01. The number of hydrogen-bond acceptors (Lipinski definition) is 1. The van der Waals surface area contributed by atoms with E-state index in [0.29, 0.717) is 0 Å². The summed E-state index contributed by atoms with van der Waals surface area (Å²) in [5.41, 5.74) is 2.42. The van der Waals surface area contributed by atoms with Crippen molar-refractivity contribution in [3.05, 3.63) is 38.8 Å². The standard InChI is InChI=1S/C12H9Cl3S/c1-8-5-9(2)7-10(6-8)16-4-3-11(13)12(14)15/h5-7H,1-2H3. The summed E-state index contributed by atoms with van der Waals surface area (Å²) in [6.45, 7) is 4.10. The minimum atomic E-state index is -0.00445. The van der Waals surface area contributed by atoms with E-state index in [0.717, 1.165) is 4.90 Å². The normalized spacial score (nSPS) is 9.31. The molecule has 0 aliphatic heterocycles. The molecule has 0 saturated heterocycles. The molecule has 0 bridgehead atoms. The Balaban J connectivity index is 2.79. The van der Waals surface area contributed by atoms with E-state index in [1.807, 2.05) is 13.8 Å². The van der Waals surface area contributed by atoms with Crippen molar-refractivity contribution in [1.29, 1.82) is 0 Å². The number of thioether (sulfide) groups is 1. The molecule has 0 fully saturated rings. The molecule has 1 aromatic rings. The van der Waals surface area contributed by atoms with Crippen LogP contribution in [-0.4, -0.2) is 0 Å². The maximum absolute atomic E-state index is 5.67. The molecule has 0 saturated carbocycles. The van der Waals surface area contributed by atoms with Crippen LogP contribution in [-0.2, 0) is 0 Å². The lowest BCUT2D eigenvalue weighted by molar-refractivity contribution is 1.30. The number of allylic oxidation sites excluding steroid dienone is 1. The van der Waals surface area contributed by atoms with Crippen LogP contribution >= 0.6 is 46.6 Å². The molecule has 0 heterocycles. The largest absolute Gasteiger partial charge is 0.133 e. The third-order valence-electron chi connectivity index (χ3n) is 1.69. The summed E-state index contributed by atoms with van der Waals surface area (Å²) in [7, 11) is 0. The van der Waals surface area contributed by atoms with Crippen LogP contribution in [0.4, 0.5) is 0 Å². The predicted molar refractivity (Wildman–Crippen MR) is 74.1 cm³/mol. The molecule has 0 aliphatic carbocycles. The zero-order valence-corrected chi connectivity index (χ0v) is 11.9. The first-order chi connectivity index (χ1) is 7.49. The van der Waals surface area contributed by atoms with Crippen molar-refractivity contribution in [1.82, 2.24) is 0 Å². The first-order valence-electron chi connectivity index (χ1n) is 4.46. The fraction of sp³-hybridized carbons (Fsp3) is 0.167. The molecule has 4 heteroatoms. The molecule has 0 nitrogen and oxygen atoms in total. The van der Waals surface area contributed by atoms with Crippen molar-refractivity contribution in [3.63, 3.8) is 0 Å². The van der Waals surface area contributed by atoms with E-state index < -0.39 is 0 Å². The van der Waals surface area contributed by atoms with Crippen molar-refractivity contribution in [2.24, 2.45) is 0 Å². The molecule has 0 radical (unpaired) electrons. The molecule has 1 rings (SSSR count). The Morgan fingerprint density at radius 2 is 1.62 bits per heavy atom. The highest BCUT2D eigenvalue weighted by atomic mass is 35.5. The van der Waals surface area contributed by atoms with E-state index in [1.165, 1.54) is 22.9 Å². The second kappa shape index (κ2) is 6.47. The van der Waals surface area contributed by atoms with Gasteiger partial charge in [0.1, 0.15) is 9.52 Å². The molecule has 1 aromatic carbocycles. The summed E-state index contributed by atoms with van der Waals surface area (Å²) in [6, 6.07) is 6.23. The maximum Gasteiger partial charge on any atom is 0.133 e. The minimum absolute atomic E-state index is 0.00445. The molecule has 0 N–H and O–H groups in total. The third kappa shape index (κ3) is 4.72. The number of halogens is 3. The van der Waals surface area contributed by atoms with Gasteiger partial charge in [0.05, 0.1) is 0 Å². The highest BCUT2D eigenvalue weighted by Crippen LogP contribution is 2.21. The number of hydrogen-bond donors (Lipinski definition) is 0. The topological polar surface area (TPSA) is 0 Å². The molecule has 0 spiro atoms. The number of rotatable bonds is 1. The van der Waals surface area contributed by atoms with E-state index in [1.54, 1.807) is 0 Å². The van der Waals surface area contributed by atoms with Crippen LogP contribution < -0.4 is 0 Å². The molecule has 0 amide bonds. The molecular weight excluding hydrogens is 283 g/mol. The lowest BCUT2D eigenvalue weighted by Crippen LogP contribution is -1.78. The van der Waals surface area contributed by atoms with Gasteiger partial charge >= 0.3 is 0 Å². The van der Waals surface area contributed by atoms with Crippen LogP contribution in [0.5, 0.6) is 0 Å². The van der Waals surface area contributed by atoms with Gasteiger partial charge < -0.3 is 0 Å². The van der Waals surface area contributed by atoms with E-state index in [9.17, 15) is 0 Å². The fourth-order valence-corrected chi connectivity index (χ4v) is 2.13. The first kappa shape index (κ1) is 13.8. The highest BCUT2D eigenvalue weighted by molar-refractivity contribution is 8.04. The summed E-state index contributed by atoms with van der Waals surface area (Å²) in [4.78, 5) is 1.08. The molecule has 0 atom stereocenters. The molecule has 0 aromatic heterocycles. The van der Waals surface area contributed by atoms with Crippen LogP contribution in [0.15, 0.2) is 32.6 Å². The Morgan fingerprint density at radius 3 is 2.12 bits per heavy atom. The van der Waals surface area contributed by atoms with Crippen molar-refractivity contribution < 1.29 is 0 Å². The predicted octanol–water partition coefficient (Wildman–Crippen LogP) is 5.24. The van der Waals surface area contributed by atoms with Gasteiger partial charge in [-0.15, -0.1) is 0 Å².